The Balaban J connectivity index is 1.93. The van der Waals surface area contributed by atoms with Crippen LogP contribution in [-0.2, 0) is 0 Å². The van der Waals surface area contributed by atoms with Gasteiger partial charge in [0.2, 0.25) is 0 Å². The molecule has 2 rings (SSSR count). The third-order valence-corrected chi connectivity index (χ3v) is 4.35. The molecule has 0 radical (unpaired) electrons. The van der Waals surface area contributed by atoms with E-state index in [0.29, 0.717) is 12.5 Å². The van der Waals surface area contributed by atoms with Crippen LogP contribution < -0.4 is 5.73 Å². The van der Waals surface area contributed by atoms with Crippen LogP contribution >= 0.6 is 0 Å². The van der Waals surface area contributed by atoms with Crippen LogP contribution in [0.4, 0.5) is 0 Å². The standard InChI is InChI=1S/C12H23NO/c1-9-3-2-4-10(7-9)11(14)12(8-13)5-6-12/h9-11,14H,2-8,13H2,1H3. The fourth-order valence-electron chi connectivity index (χ4n) is 3.05. The Hall–Kier alpha value is -0.0800. The summed E-state index contributed by atoms with van der Waals surface area (Å²) in [4.78, 5) is 0. The number of aliphatic hydroxyl groups is 1. The van der Waals surface area contributed by atoms with Crippen molar-refractivity contribution in [2.24, 2.45) is 23.0 Å². The van der Waals surface area contributed by atoms with Gasteiger partial charge in [0.05, 0.1) is 6.10 Å². The van der Waals surface area contributed by atoms with Gasteiger partial charge in [-0.3, -0.25) is 0 Å². The SMILES string of the molecule is CC1CCCC(C(O)C2(CN)CC2)C1. The first-order chi connectivity index (χ1) is 6.68. The minimum Gasteiger partial charge on any atom is -0.392 e. The van der Waals surface area contributed by atoms with E-state index in [1.54, 1.807) is 0 Å². The van der Waals surface area contributed by atoms with Gasteiger partial charge in [-0.2, -0.15) is 0 Å². The molecule has 3 N–H and O–H groups in total. The van der Waals surface area contributed by atoms with E-state index in [1.165, 1.54) is 25.7 Å². The van der Waals surface area contributed by atoms with Gasteiger partial charge < -0.3 is 10.8 Å². The van der Waals surface area contributed by atoms with Crippen LogP contribution in [0.1, 0.15) is 45.4 Å². The molecule has 0 bridgehead atoms. The Labute approximate surface area is 86.9 Å². The summed E-state index contributed by atoms with van der Waals surface area (Å²) in [6.07, 6.45) is 7.25. The van der Waals surface area contributed by atoms with Crippen molar-refractivity contribution in [1.82, 2.24) is 0 Å². The Morgan fingerprint density at radius 1 is 1.43 bits per heavy atom. The Kier molecular flexibility index (Phi) is 2.85. The van der Waals surface area contributed by atoms with Crippen LogP contribution in [0.15, 0.2) is 0 Å². The van der Waals surface area contributed by atoms with Crippen molar-refractivity contribution in [3.05, 3.63) is 0 Å². The zero-order chi connectivity index (χ0) is 10.2. The molecule has 3 atom stereocenters. The average Bonchev–Trinajstić information content (AvgIpc) is 2.97. The molecular formula is C12H23NO. The molecule has 0 aromatic heterocycles. The molecule has 0 aromatic carbocycles. The van der Waals surface area contributed by atoms with Gasteiger partial charge in [-0.25, -0.2) is 0 Å². The van der Waals surface area contributed by atoms with E-state index in [1.807, 2.05) is 0 Å². The Bertz CT molecular complexity index is 200. The lowest BCUT2D eigenvalue weighted by atomic mass is 9.75. The van der Waals surface area contributed by atoms with Crippen LogP contribution in [0.25, 0.3) is 0 Å². The molecule has 0 amide bonds. The number of hydrogen-bond donors (Lipinski definition) is 2. The third kappa shape index (κ3) is 1.82. The molecule has 0 heterocycles. The minimum absolute atomic E-state index is 0.116. The summed E-state index contributed by atoms with van der Waals surface area (Å²) in [7, 11) is 0. The second-order valence-corrected chi connectivity index (χ2v) is 5.54. The highest BCUT2D eigenvalue weighted by molar-refractivity contribution is 5.02. The second kappa shape index (κ2) is 3.82. The topological polar surface area (TPSA) is 46.2 Å². The summed E-state index contributed by atoms with van der Waals surface area (Å²) in [5.41, 5.74) is 5.88. The summed E-state index contributed by atoms with van der Waals surface area (Å²) >= 11 is 0. The molecule has 14 heavy (non-hydrogen) atoms. The van der Waals surface area contributed by atoms with Crippen LogP contribution in [0.2, 0.25) is 0 Å². The maximum absolute atomic E-state index is 10.3. The minimum atomic E-state index is -0.116. The van der Waals surface area contributed by atoms with Crippen molar-refractivity contribution >= 4 is 0 Å². The van der Waals surface area contributed by atoms with E-state index in [-0.39, 0.29) is 11.5 Å². The lowest BCUT2D eigenvalue weighted by Crippen LogP contribution is -2.37. The molecule has 2 nitrogen and oxygen atoms in total. The molecule has 0 aliphatic heterocycles. The van der Waals surface area contributed by atoms with Crippen molar-refractivity contribution in [1.29, 1.82) is 0 Å². The summed E-state index contributed by atoms with van der Waals surface area (Å²) < 4.78 is 0. The van der Waals surface area contributed by atoms with Gasteiger partial charge in [0.25, 0.3) is 0 Å². The number of rotatable bonds is 3. The summed E-state index contributed by atoms with van der Waals surface area (Å²) in [6.45, 7) is 2.99. The monoisotopic (exact) mass is 197 g/mol. The fraction of sp³-hybridized carbons (Fsp3) is 1.00. The van der Waals surface area contributed by atoms with Crippen molar-refractivity contribution in [3.8, 4) is 0 Å². The van der Waals surface area contributed by atoms with Gasteiger partial charge in [-0.05, 0) is 37.5 Å². The summed E-state index contributed by atoms with van der Waals surface area (Å²) in [5, 5.41) is 10.3. The predicted molar refractivity (Wildman–Crippen MR) is 57.9 cm³/mol. The van der Waals surface area contributed by atoms with Crippen LogP contribution in [0, 0.1) is 17.3 Å². The van der Waals surface area contributed by atoms with Crippen LogP contribution in [0.3, 0.4) is 0 Å². The maximum Gasteiger partial charge on any atom is 0.0636 e. The highest BCUT2D eigenvalue weighted by atomic mass is 16.3. The average molecular weight is 197 g/mol. The van der Waals surface area contributed by atoms with Gasteiger partial charge in [-0.15, -0.1) is 0 Å². The first-order valence-electron chi connectivity index (χ1n) is 6.06. The van der Waals surface area contributed by atoms with E-state index >= 15 is 0 Å². The van der Waals surface area contributed by atoms with E-state index in [0.717, 1.165) is 18.8 Å². The van der Waals surface area contributed by atoms with Gasteiger partial charge in [0.1, 0.15) is 0 Å². The molecule has 3 unspecified atom stereocenters. The quantitative estimate of drug-likeness (QED) is 0.726. The number of aliphatic hydroxyl groups excluding tert-OH is 1. The Morgan fingerprint density at radius 2 is 2.14 bits per heavy atom. The second-order valence-electron chi connectivity index (χ2n) is 5.54. The molecule has 0 spiro atoms. The lowest BCUT2D eigenvalue weighted by Gasteiger charge is -2.34. The molecular weight excluding hydrogens is 174 g/mol. The first kappa shape index (κ1) is 10.4. The summed E-state index contributed by atoms with van der Waals surface area (Å²) in [5.74, 6) is 1.33. The molecule has 2 aliphatic carbocycles. The molecule has 0 aromatic rings. The molecule has 2 fully saturated rings. The lowest BCUT2D eigenvalue weighted by molar-refractivity contribution is 0.0156. The number of hydrogen-bond acceptors (Lipinski definition) is 2. The Morgan fingerprint density at radius 3 is 2.64 bits per heavy atom. The van der Waals surface area contributed by atoms with Crippen molar-refractivity contribution in [3.63, 3.8) is 0 Å². The molecule has 0 saturated heterocycles. The van der Waals surface area contributed by atoms with E-state index in [9.17, 15) is 5.11 Å². The predicted octanol–water partition coefficient (Wildman–Crippen LogP) is 1.91. The van der Waals surface area contributed by atoms with Crippen molar-refractivity contribution in [2.45, 2.75) is 51.6 Å². The highest BCUT2D eigenvalue weighted by Gasteiger charge is 2.50. The van der Waals surface area contributed by atoms with Crippen LogP contribution in [0.5, 0.6) is 0 Å². The zero-order valence-corrected chi connectivity index (χ0v) is 9.21. The van der Waals surface area contributed by atoms with E-state index < -0.39 is 0 Å². The molecule has 2 aliphatic rings. The van der Waals surface area contributed by atoms with Gasteiger partial charge in [-0.1, -0.05) is 19.8 Å². The van der Waals surface area contributed by atoms with Gasteiger partial charge >= 0.3 is 0 Å². The first-order valence-corrected chi connectivity index (χ1v) is 6.06. The van der Waals surface area contributed by atoms with E-state index in [4.69, 9.17) is 5.73 Å². The summed E-state index contributed by atoms with van der Waals surface area (Å²) in [6, 6.07) is 0. The normalized spacial score (nSPS) is 37.9. The largest absolute Gasteiger partial charge is 0.392 e. The van der Waals surface area contributed by atoms with Crippen molar-refractivity contribution in [2.75, 3.05) is 6.54 Å². The fourth-order valence-corrected chi connectivity index (χ4v) is 3.05. The smallest absolute Gasteiger partial charge is 0.0636 e. The van der Waals surface area contributed by atoms with Crippen LogP contribution in [-0.4, -0.2) is 17.8 Å². The molecule has 2 heteroatoms. The molecule has 82 valence electrons. The zero-order valence-electron chi connectivity index (χ0n) is 9.21. The highest BCUT2D eigenvalue weighted by Crippen LogP contribution is 2.52. The van der Waals surface area contributed by atoms with E-state index in [2.05, 4.69) is 6.92 Å². The van der Waals surface area contributed by atoms with Gasteiger partial charge in [0, 0.05) is 12.0 Å². The van der Waals surface area contributed by atoms with Gasteiger partial charge in [0.15, 0.2) is 0 Å². The molecule has 2 saturated carbocycles. The maximum atomic E-state index is 10.3. The number of nitrogens with two attached hydrogens (primary N) is 1. The van der Waals surface area contributed by atoms with Crippen molar-refractivity contribution < 1.29 is 5.11 Å². The third-order valence-electron chi connectivity index (χ3n) is 4.35.